The molecule has 0 aliphatic heterocycles. The van der Waals surface area contributed by atoms with Crippen LogP contribution in [0.15, 0.2) is 18.2 Å². The van der Waals surface area contributed by atoms with Gasteiger partial charge >= 0.3 is 5.97 Å². The lowest BCUT2D eigenvalue weighted by Gasteiger charge is -2.13. The van der Waals surface area contributed by atoms with Crippen LogP contribution in [0.5, 0.6) is 0 Å². The average molecular weight is 357 g/mol. The van der Waals surface area contributed by atoms with E-state index < -0.39 is 5.97 Å². The second-order valence-electron chi connectivity index (χ2n) is 6.64. The zero-order valence-corrected chi connectivity index (χ0v) is 16.0. The number of ether oxygens (including phenoxy) is 1. The minimum Gasteiger partial charge on any atom is -0.452 e. The molecule has 1 amide bonds. The first kappa shape index (κ1) is 19.8. The topological polar surface area (TPSA) is 81.2 Å². The van der Waals surface area contributed by atoms with E-state index in [9.17, 15) is 9.59 Å². The first-order valence-corrected chi connectivity index (χ1v) is 9.12. The molecule has 0 aliphatic carbocycles. The van der Waals surface area contributed by atoms with Gasteiger partial charge in [-0.05, 0) is 45.4 Å². The van der Waals surface area contributed by atoms with Gasteiger partial charge in [-0.15, -0.1) is 0 Å². The largest absolute Gasteiger partial charge is 0.452 e. The number of carbonyl (C=O) groups is 2. The van der Waals surface area contributed by atoms with Crippen molar-refractivity contribution in [1.82, 2.24) is 15.3 Å². The summed E-state index contributed by atoms with van der Waals surface area (Å²) in [5.74, 6) is -0.824. The summed E-state index contributed by atoms with van der Waals surface area (Å²) in [6.45, 7) is 7.59. The fourth-order valence-corrected chi connectivity index (χ4v) is 2.66. The summed E-state index contributed by atoms with van der Waals surface area (Å²) in [5, 5.41) is 2.85. The van der Waals surface area contributed by atoms with Crippen LogP contribution in [0, 0.1) is 13.8 Å². The van der Waals surface area contributed by atoms with E-state index in [0.717, 1.165) is 42.6 Å². The van der Waals surface area contributed by atoms with Crippen LogP contribution in [0.3, 0.4) is 0 Å². The number of aryl methyl sites for hydroxylation is 2. The third kappa shape index (κ3) is 5.51. The molecular weight excluding hydrogens is 330 g/mol. The number of nitrogens with zero attached hydrogens (tertiary/aromatic N) is 2. The lowest BCUT2D eigenvalue weighted by molar-refractivity contribution is -0.124. The molecule has 1 aromatic carbocycles. The number of unbranched alkanes of at least 4 members (excludes halogenated alkanes) is 2. The zero-order chi connectivity index (χ0) is 19.1. The maximum Gasteiger partial charge on any atom is 0.338 e. The summed E-state index contributed by atoms with van der Waals surface area (Å²) < 4.78 is 5.12. The Labute approximate surface area is 154 Å². The predicted octanol–water partition coefficient (Wildman–Crippen LogP) is 3.49. The van der Waals surface area contributed by atoms with Gasteiger partial charge in [-0.2, -0.15) is 0 Å². The lowest BCUT2D eigenvalue weighted by Crippen LogP contribution is -2.35. The Morgan fingerprint density at radius 3 is 2.50 bits per heavy atom. The Bertz CT molecular complexity index is 789. The molecule has 6 nitrogen and oxygen atoms in total. The highest BCUT2D eigenvalue weighted by Crippen LogP contribution is 2.15. The van der Waals surface area contributed by atoms with Gasteiger partial charge in [0.05, 0.1) is 28.0 Å². The minimum absolute atomic E-state index is 0.0786. The van der Waals surface area contributed by atoms with E-state index in [2.05, 4.69) is 22.2 Å². The molecule has 0 aliphatic rings. The SMILES string of the molecule is CCCCC[C@H](C)NC(=O)COC(=O)c1ccc2nc(C)c(C)nc2c1. The molecule has 1 heterocycles. The number of aromatic nitrogens is 2. The van der Waals surface area contributed by atoms with Gasteiger partial charge in [0.15, 0.2) is 6.61 Å². The molecule has 0 fully saturated rings. The van der Waals surface area contributed by atoms with Crippen LogP contribution in [0.25, 0.3) is 11.0 Å². The molecular formula is C20H27N3O3. The quantitative estimate of drug-likeness (QED) is 0.578. The van der Waals surface area contributed by atoms with Crippen molar-refractivity contribution in [3.8, 4) is 0 Å². The van der Waals surface area contributed by atoms with E-state index in [-0.39, 0.29) is 18.6 Å². The fraction of sp³-hybridized carbons (Fsp3) is 0.500. The average Bonchev–Trinajstić information content (AvgIpc) is 2.60. The number of benzene rings is 1. The van der Waals surface area contributed by atoms with E-state index in [4.69, 9.17) is 4.74 Å². The van der Waals surface area contributed by atoms with Crippen molar-refractivity contribution in [2.75, 3.05) is 6.61 Å². The second kappa shape index (κ2) is 9.27. The van der Waals surface area contributed by atoms with Crippen molar-refractivity contribution in [2.24, 2.45) is 0 Å². The van der Waals surface area contributed by atoms with Crippen LogP contribution in [0.1, 0.15) is 61.3 Å². The van der Waals surface area contributed by atoms with E-state index in [1.54, 1.807) is 18.2 Å². The maximum absolute atomic E-state index is 12.2. The van der Waals surface area contributed by atoms with Gasteiger partial charge < -0.3 is 10.1 Å². The summed E-state index contributed by atoms with van der Waals surface area (Å²) >= 11 is 0. The highest BCUT2D eigenvalue weighted by molar-refractivity contribution is 5.94. The van der Waals surface area contributed by atoms with Crippen molar-refractivity contribution in [3.05, 3.63) is 35.2 Å². The molecule has 0 saturated carbocycles. The number of carbonyl (C=O) groups excluding carboxylic acids is 2. The van der Waals surface area contributed by atoms with Crippen molar-refractivity contribution in [1.29, 1.82) is 0 Å². The highest BCUT2D eigenvalue weighted by Gasteiger charge is 2.13. The summed E-state index contributed by atoms with van der Waals surface area (Å²) in [5.41, 5.74) is 3.40. The Morgan fingerprint density at radius 1 is 1.12 bits per heavy atom. The van der Waals surface area contributed by atoms with Gasteiger partial charge in [-0.3, -0.25) is 4.79 Å². The van der Waals surface area contributed by atoms with Gasteiger partial charge in [-0.1, -0.05) is 26.2 Å². The molecule has 2 rings (SSSR count). The van der Waals surface area contributed by atoms with Crippen molar-refractivity contribution >= 4 is 22.9 Å². The van der Waals surface area contributed by atoms with Crippen molar-refractivity contribution in [3.63, 3.8) is 0 Å². The zero-order valence-electron chi connectivity index (χ0n) is 16.0. The highest BCUT2D eigenvalue weighted by atomic mass is 16.5. The van der Waals surface area contributed by atoms with E-state index in [1.807, 2.05) is 20.8 Å². The molecule has 1 N–H and O–H groups in total. The Balaban J connectivity index is 1.90. The number of nitrogens with one attached hydrogen (secondary N) is 1. The standard InChI is InChI=1S/C20H27N3O3/c1-5-6-7-8-13(2)21-19(24)12-26-20(25)16-9-10-17-18(11-16)23-15(4)14(3)22-17/h9-11,13H,5-8,12H2,1-4H3,(H,21,24)/t13-/m0/s1. The smallest absolute Gasteiger partial charge is 0.338 e. The minimum atomic E-state index is -0.541. The third-order valence-electron chi connectivity index (χ3n) is 4.29. The number of hydrogen-bond donors (Lipinski definition) is 1. The summed E-state index contributed by atoms with van der Waals surface area (Å²) in [6.07, 6.45) is 4.30. The molecule has 1 atom stereocenters. The monoisotopic (exact) mass is 357 g/mol. The number of hydrogen-bond acceptors (Lipinski definition) is 5. The number of rotatable bonds is 8. The van der Waals surface area contributed by atoms with Crippen LogP contribution in [-0.4, -0.2) is 34.5 Å². The fourth-order valence-electron chi connectivity index (χ4n) is 2.66. The first-order valence-electron chi connectivity index (χ1n) is 9.12. The van der Waals surface area contributed by atoms with E-state index >= 15 is 0 Å². The van der Waals surface area contributed by atoms with Crippen molar-refractivity contribution in [2.45, 2.75) is 59.4 Å². The summed E-state index contributed by atoms with van der Waals surface area (Å²) in [6, 6.07) is 5.10. The van der Waals surface area contributed by atoms with Gasteiger partial charge in [0.25, 0.3) is 5.91 Å². The van der Waals surface area contributed by atoms with Crippen LogP contribution in [0.4, 0.5) is 0 Å². The third-order valence-corrected chi connectivity index (χ3v) is 4.29. The molecule has 0 saturated heterocycles. The van der Waals surface area contributed by atoms with Crippen LogP contribution in [-0.2, 0) is 9.53 Å². The number of fused-ring (bicyclic) bond motifs is 1. The molecule has 2 aromatic rings. The first-order chi connectivity index (χ1) is 12.4. The lowest BCUT2D eigenvalue weighted by atomic mass is 10.1. The molecule has 0 unspecified atom stereocenters. The Kier molecular flexibility index (Phi) is 7.06. The molecule has 6 heteroatoms. The normalized spacial score (nSPS) is 12.0. The summed E-state index contributed by atoms with van der Waals surface area (Å²) in [7, 11) is 0. The number of esters is 1. The van der Waals surface area contributed by atoms with Crippen LogP contribution < -0.4 is 5.32 Å². The molecule has 140 valence electrons. The van der Waals surface area contributed by atoms with E-state index in [1.165, 1.54) is 0 Å². The van der Waals surface area contributed by atoms with Gasteiger partial charge in [0.1, 0.15) is 0 Å². The molecule has 0 radical (unpaired) electrons. The predicted molar refractivity (Wildman–Crippen MR) is 101 cm³/mol. The van der Waals surface area contributed by atoms with Crippen LogP contribution >= 0.6 is 0 Å². The molecule has 1 aromatic heterocycles. The Hall–Kier alpha value is -2.50. The Morgan fingerprint density at radius 2 is 1.81 bits per heavy atom. The number of amides is 1. The molecule has 0 spiro atoms. The van der Waals surface area contributed by atoms with Crippen molar-refractivity contribution < 1.29 is 14.3 Å². The summed E-state index contributed by atoms with van der Waals surface area (Å²) in [4.78, 5) is 33.0. The van der Waals surface area contributed by atoms with Gasteiger partial charge in [-0.25, -0.2) is 14.8 Å². The van der Waals surface area contributed by atoms with Gasteiger partial charge in [0, 0.05) is 6.04 Å². The molecule has 0 bridgehead atoms. The van der Waals surface area contributed by atoms with E-state index in [0.29, 0.717) is 11.1 Å². The van der Waals surface area contributed by atoms with Crippen LogP contribution in [0.2, 0.25) is 0 Å². The van der Waals surface area contributed by atoms with Gasteiger partial charge in [0.2, 0.25) is 0 Å². The molecule has 26 heavy (non-hydrogen) atoms. The second-order valence-corrected chi connectivity index (χ2v) is 6.64. The maximum atomic E-state index is 12.2.